The molecule has 0 radical (unpaired) electrons. The van der Waals surface area contributed by atoms with Crippen molar-refractivity contribution in [1.82, 2.24) is 9.78 Å². The standard InChI is InChI=1S/C14H17FN4O2/c1-4-12-13(19(20)21)14(18(3)17-12)16-8-10-6-5-9(2)11(15)7-10/h5-7,16H,4,8H2,1-3H3. The fourth-order valence-corrected chi connectivity index (χ4v) is 2.13. The molecule has 2 rings (SSSR count). The first-order chi connectivity index (χ1) is 9.93. The van der Waals surface area contributed by atoms with E-state index in [0.29, 0.717) is 35.6 Å². The maximum atomic E-state index is 13.5. The summed E-state index contributed by atoms with van der Waals surface area (Å²) in [6.45, 7) is 3.79. The number of rotatable bonds is 5. The normalized spacial score (nSPS) is 10.7. The van der Waals surface area contributed by atoms with Gasteiger partial charge >= 0.3 is 5.69 Å². The zero-order valence-electron chi connectivity index (χ0n) is 12.2. The van der Waals surface area contributed by atoms with Crippen LogP contribution < -0.4 is 5.32 Å². The van der Waals surface area contributed by atoms with Crippen molar-refractivity contribution in [3.8, 4) is 0 Å². The van der Waals surface area contributed by atoms with E-state index in [0.717, 1.165) is 0 Å². The summed E-state index contributed by atoms with van der Waals surface area (Å²) >= 11 is 0. The third-order valence-electron chi connectivity index (χ3n) is 3.31. The van der Waals surface area contributed by atoms with Crippen LogP contribution in [0, 0.1) is 22.9 Å². The second-order valence-corrected chi connectivity index (χ2v) is 4.82. The topological polar surface area (TPSA) is 73.0 Å². The molecular weight excluding hydrogens is 275 g/mol. The quantitative estimate of drug-likeness (QED) is 0.679. The van der Waals surface area contributed by atoms with Crippen molar-refractivity contribution in [3.63, 3.8) is 0 Å². The van der Waals surface area contributed by atoms with Crippen molar-refractivity contribution in [2.45, 2.75) is 26.8 Å². The predicted molar refractivity (Wildman–Crippen MR) is 77.7 cm³/mol. The Morgan fingerprint density at radius 1 is 1.48 bits per heavy atom. The molecule has 0 aliphatic rings. The number of anilines is 1. The van der Waals surface area contributed by atoms with E-state index in [1.807, 2.05) is 6.92 Å². The minimum absolute atomic E-state index is 0.0208. The van der Waals surface area contributed by atoms with Crippen molar-refractivity contribution < 1.29 is 9.31 Å². The fourth-order valence-electron chi connectivity index (χ4n) is 2.13. The average Bonchev–Trinajstić information content (AvgIpc) is 2.76. The van der Waals surface area contributed by atoms with E-state index in [4.69, 9.17) is 0 Å². The summed E-state index contributed by atoms with van der Waals surface area (Å²) in [5.41, 5.74) is 1.69. The van der Waals surface area contributed by atoms with E-state index >= 15 is 0 Å². The first-order valence-corrected chi connectivity index (χ1v) is 6.63. The van der Waals surface area contributed by atoms with Gasteiger partial charge < -0.3 is 5.32 Å². The molecule has 7 heteroatoms. The second-order valence-electron chi connectivity index (χ2n) is 4.82. The second kappa shape index (κ2) is 5.90. The summed E-state index contributed by atoms with van der Waals surface area (Å²) in [4.78, 5) is 10.7. The number of nitrogens with zero attached hydrogens (tertiary/aromatic N) is 3. The van der Waals surface area contributed by atoms with Crippen molar-refractivity contribution in [1.29, 1.82) is 0 Å². The van der Waals surface area contributed by atoms with Gasteiger partial charge in [0.2, 0.25) is 5.82 Å². The highest BCUT2D eigenvalue weighted by molar-refractivity contribution is 5.60. The number of halogens is 1. The average molecular weight is 292 g/mol. The molecule has 112 valence electrons. The van der Waals surface area contributed by atoms with Crippen LogP contribution in [-0.2, 0) is 20.0 Å². The minimum Gasteiger partial charge on any atom is -0.360 e. The van der Waals surface area contributed by atoms with Crippen LogP contribution in [0.5, 0.6) is 0 Å². The van der Waals surface area contributed by atoms with Crippen LogP contribution in [0.3, 0.4) is 0 Å². The molecule has 0 aliphatic carbocycles. The lowest BCUT2D eigenvalue weighted by Gasteiger charge is -2.07. The van der Waals surface area contributed by atoms with E-state index in [1.54, 1.807) is 26.1 Å². The Kier molecular flexibility index (Phi) is 4.21. The van der Waals surface area contributed by atoms with E-state index < -0.39 is 4.92 Å². The van der Waals surface area contributed by atoms with Gasteiger partial charge in [0.25, 0.3) is 0 Å². The third-order valence-corrected chi connectivity index (χ3v) is 3.31. The molecule has 0 fully saturated rings. The summed E-state index contributed by atoms with van der Waals surface area (Å²) in [5.74, 6) is 0.0425. The van der Waals surface area contributed by atoms with Crippen molar-refractivity contribution in [2.75, 3.05) is 5.32 Å². The number of nitrogens with one attached hydrogen (secondary N) is 1. The summed E-state index contributed by atoms with van der Waals surface area (Å²) in [6.07, 6.45) is 0.477. The largest absolute Gasteiger partial charge is 0.360 e. The molecule has 6 nitrogen and oxygen atoms in total. The lowest BCUT2D eigenvalue weighted by atomic mass is 10.1. The molecule has 0 saturated carbocycles. The number of nitro groups is 1. The molecule has 1 aromatic carbocycles. The maximum absolute atomic E-state index is 13.5. The lowest BCUT2D eigenvalue weighted by molar-refractivity contribution is -0.384. The zero-order chi connectivity index (χ0) is 15.6. The molecule has 1 aromatic heterocycles. The number of hydrogen-bond donors (Lipinski definition) is 1. The molecule has 0 unspecified atom stereocenters. The van der Waals surface area contributed by atoms with E-state index in [9.17, 15) is 14.5 Å². The molecule has 21 heavy (non-hydrogen) atoms. The highest BCUT2D eigenvalue weighted by Gasteiger charge is 2.25. The highest BCUT2D eigenvalue weighted by atomic mass is 19.1. The Balaban J connectivity index is 2.25. The van der Waals surface area contributed by atoms with Gasteiger partial charge in [0.15, 0.2) is 0 Å². The Morgan fingerprint density at radius 3 is 2.76 bits per heavy atom. The lowest BCUT2D eigenvalue weighted by Crippen LogP contribution is -2.06. The molecule has 0 atom stereocenters. The molecule has 2 aromatic rings. The van der Waals surface area contributed by atoms with E-state index in [1.165, 1.54) is 10.7 Å². The van der Waals surface area contributed by atoms with Crippen LogP contribution in [0.2, 0.25) is 0 Å². The van der Waals surface area contributed by atoms with Gasteiger partial charge in [0.1, 0.15) is 11.5 Å². The highest BCUT2D eigenvalue weighted by Crippen LogP contribution is 2.28. The van der Waals surface area contributed by atoms with E-state index in [2.05, 4.69) is 10.4 Å². The molecule has 0 bridgehead atoms. The van der Waals surface area contributed by atoms with Gasteiger partial charge in [-0.2, -0.15) is 5.10 Å². The fraction of sp³-hybridized carbons (Fsp3) is 0.357. The Labute approximate surface area is 121 Å². The SMILES string of the molecule is CCc1nn(C)c(NCc2ccc(C)c(F)c2)c1[N+](=O)[O-]. The van der Waals surface area contributed by atoms with Crippen molar-refractivity contribution >= 4 is 11.5 Å². The maximum Gasteiger partial charge on any atom is 0.333 e. The van der Waals surface area contributed by atoms with Crippen molar-refractivity contribution in [3.05, 3.63) is 51.0 Å². The molecule has 0 amide bonds. The van der Waals surface area contributed by atoms with Crippen LogP contribution in [0.1, 0.15) is 23.7 Å². The van der Waals surface area contributed by atoms with Crippen LogP contribution in [0.25, 0.3) is 0 Å². The van der Waals surface area contributed by atoms with Crippen LogP contribution in [0.15, 0.2) is 18.2 Å². The molecule has 1 N–H and O–H groups in total. The minimum atomic E-state index is -0.441. The molecular formula is C14H17FN4O2. The number of benzene rings is 1. The van der Waals surface area contributed by atoms with Gasteiger partial charge in [-0.3, -0.25) is 10.1 Å². The summed E-state index contributed by atoms with van der Waals surface area (Å²) in [5, 5.41) is 18.3. The van der Waals surface area contributed by atoms with Gasteiger partial charge in [-0.1, -0.05) is 19.1 Å². The summed E-state index contributed by atoms with van der Waals surface area (Å²) in [7, 11) is 1.64. The number of aryl methyl sites for hydroxylation is 3. The van der Waals surface area contributed by atoms with E-state index in [-0.39, 0.29) is 11.5 Å². The Bertz CT molecular complexity index is 682. The number of aromatic nitrogens is 2. The Morgan fingerprint density at radius 2 is 2.19 bits per heavy atom. The third kappa shape index (κ3) is 3.01. The molecule has 0 saturated heterocycles. The zero-order valence-corrected chi connectivity index (χ0v) is 12.2. The van der Waals surface area contributed by atoms with Crippen molar-refractivity contribution in [2.24, 2.45) is 7.05 Å². The van der Waals surface area contributed by atoms with Crippen LogP contribution in [-0.4, -0.2) is 14.7 Å². The van der Waals surface area contributed by atoms with Crippen LogP contribution >= 0.6 is 0 Å². The van der Waals surface area contributed by atoms with Gasteiger partial charge in [0.05, 0.1) is 4.92 Å². The number of hydrogen-bond acceptors (Lipinski definition) is 4. The predicted octanol–water partition coefficient (Wildman–Crippen LogP) is 2.95. The first kappa shape index (κ1) is 15.0. The molecule has 0 spiro atoms. The van der Waals surface area contributed by atoms with Gasteiger partial charge in [-0.05, 0) is 30.5 Å². The van der Waals surface area contributed by atoms with Gasteiger partial charge in [0, 0.05) is 13.6 Å². The summed E-state index contributed by atoms with van der Waals surface area (Å²) in [6, 6.07) is 4.89. The first-order valence-electron chi connectivity index (χ1n) is 6.63. The smallest absolute Gasteiger partial charge is 0.333 e. The van der Waals surface area contributed by atoms with Gasteiger partial charge in [-0.15, -0.1) is 0 Å². The van der Waals surface area contributed by atoms with Crippen LogP contribution in [0.4, 0.5) is 15.9 Å². The molecule has 0 aliphatic heterocycles. The van der Waals surface area contributed by atoms with Gasteiger partial charge in [-0.25, -0.2) is 9.07 Å². The summed E-state index contributed by atoms with van der Waals surface area (Å²) < 4.78 is 14.9. The monoisotopic (exact) mass is 292 g/mol. The Hall–Kier alpha value is -2.44. The molecule has 1 heterocycles.